The molecule has 0 atom stereocenters. The highest BCUT2D eigenvalue weighted by Crippen LogP contribution is 2.56. The molecule has 2 aromatic heterocycles. The summed E-state index contributed by atoms with van der Waals surface area (Å²) in [4.78, 5) is 4.02. The minimum absolute atomic E-state index is 0.0146. The van der Waals surface area contributed by atoms with Gasteiger partial charge in [0.1, 0.15) is 0 Å². The summed E-state index contributed by atoms with van der Waals surface area (Å²) in [7, 11) is 0. The van der Waals surface area contributed by atoms with Gasteiger partial charge in [-0.15, -0.1) is 0 Å². The van der Waals surface area contributed by atoms with E-state index in [1.54, 1.807) is 12.1 Å². The average Bonchev–Trinajstić information content (AvgIpc) is 0.814. The highest BCUT2D eigenvalue weighted by atomic mass is 15.2. The summed E-state index contributed by atoms with van der Waals surface area (Å²) >= 11 is 0. The van der Waals surface area contributed by atoms with E-state index >= 15 is 0 Å². The third kappa shape index (κ3) is 11.0. The molecule has 4 heterocycles. The Kier molecular flexibility index (Phi) is 11.2. The molecule has 15 aromatic carbocycles. The Morgan fingerprint density at radius 1 is 0.271 bits per heavy atom. The first-order valence-corrected chi connectivity index (χ1v) is 36.3. The molecule has 5 heteroatoms. The first kappa shape index (κ1) is 47.8. The summed E-state index contributed by atoms with van der Waals surface area (Å²) in [5, 5.41) is -0.610. The smallest absolute Gasteiger partial charge is 0.252 e. The summed E-state index contributed by atoms with van der Waals surface area (Å²) in [6.45, 7) is 17.3. The van der Waals surface area contributed by atoms with Gasteiger partial charge in [-0.05, 0) is 179 Å². The van der Waals surface area contributed by atoms with E-state index in [0.29, 0.717) is 39.1 Å². The van der Waals surface area contributed by atoms with Crippen LogP contribution in [0, 0.1) is 0 Å². The molecule has 0 unspecified atom stereocenters. The van der Waals surface area contributed by atoms with Gasteiger partial charge in [-0.2, -0.15) is 0 Å². The highest BCUT2D eigenvalue weighted by Gasteiger charge is 2.47. The second-order valence-corrected chi connectivity index (χ2v) is 31.0. The number of para-hydroxylation sites is 4. The number of anilines is 6. The van der Waals surface area contributed by atoms with Gasteiger partial charge >= 0.3 is 0 Å². The van der Waals surface area contributed by atoms with Gasteiger partial charge in [0, 0.05) is 77.9 Å². The molecule has 0 spiro atoms. The van der Waals surface area contributed by atoms with Crippen molar-refractivity contribution in [3.8, 4) is 78.1 Å². The Labute approximate surface area is 655 Å². The van der Waals surface area contributed by atoms with Crippen molar-refractivity contribution < 1.29 is 26.0 Å². The van der Waals surface area contributed by atoms with E-state index in [-0.39, 0.29) is 130 Å². The number of fused-ring (bicyclic) bond motifs is 10. The zero-order valence-corrected chi connectivity index (χ0v) is 60.7. The van der Waals surface area contributed by atoms with E-state index < -0.39 is 102 Å². The number of hydrogen-bond donors (Lipinski definition) is 0. The number of hydrogen-bond acceptors (Lipinski definition) is 2. The predicted molar refractivity (Wildman–Crippen MR) is 458 cm³/mol. The molecule has 0 fully saturated rings. The van der Waals surface area contributed by atoms with Crippen molar-refractivity contribution in [3.63, 3.8) is 0 Å². The monoisotopic (exact) mass is 1390 g/mol. The Hall–Kier alpha value is -12.4. The van der Waals surface area contributed by atoms with Gasteiger partial charge in [0.2, 0.25) is 0 Å². The molecule has 0 saturated heterocycles. The molecule has 107 heavy (non-hydrogen) atoms. The third-order valence-electron chi connectivity index (χ3n) is 21.2. The predicted octanol–water partition coefficient (Wildman–Crippen LogP) is 25.9. The molecule has 0 N–H and O–H groups in total. The van der Waals surface area contributed by atoms with Crippen molar-refractivity contribution in [2.45, 2.75) is 78.6 Å². The van der Waals surface area contributed by atoms with Crippen molar-refractivity contribution in [1.82, 2.24) is 9.13 Å². The van der Waals surface area contributed by atoms with E-state index in [4.69, 9.17) is 2.74 Å². The van der Waals surface area contributed by atoms with Crippen LogP contribution in [0.2, 0.25) is 0 Å². The van der Waals surface area contributed by atoms with Crippen LogP contribution in [0.5, 0.6) is 0 Å². The van der Waals surface area contributed by atoms with Crippen molar-refractivity contribution in [3.05, 3.63) is 356 Å². The molecule has 514 valence electrons. The lowest BCUT2D eigenvalue weighted by Gasteiger charge is -2.47. The Bertz CT molecular complexity index is 7300. The van der Waals surface area contributed by atoms with Crippen molar-refractivity contribution in [1.29, 1.82) is 0 Å². The summed E-state index contributed by atoms with van der Waals surface area (Å²) in [6, 6.07) is 63.8. The van der Waals surface area contributed by atoms with Crippen LogP contribution in [0.15, 0.2) is 339 Å². The minimum Gasteiger partial charge on any atom is -0.310 e. The van der Waals surface area contributed by atoms with E-state index in [0.717, 1.165) is 55.6 Å². The lowest BCUT2D eigenvalue weighted by Crippen LogP contribution is -2.61. The average molecular weight is 1390 g/mol. The summed E-state index contributed by atoms with van der Waals surface area (Å²) in [5.41, 5.74) is 11.3. The van der Waals surface area contributed by atoms with E-state index in [1.807, 2.05) is 152 Å². The second kappa shape index (κ2) is 25.1. The standard InChI is InChI=1S/C102H83BN4/c1-100(2,3)74-58-83(70-34-18-12-19-35-70)98(84(59-74)71-36-20-13-21-37-71)106-93-64-77(104-89-42-26-22-38-79(89)80-39-23-27-43-90(80)104)54-56-87(93)103-88-57-55-78(105-91-44-28-24-40-81(91)82-41-25-29-45-92(82)105)65-94(88)107(96-63-76(102(7,8)9)62-95(106)97(96)103)99-85(72-50-46-68(47-51-72)66-30-14-10-15-31-66)60-75(101(4,5)6)61-86(99)73-52-48-69(49-53-73)67-32-16-11-17-33-67/h10-65H,1-9H3/i22D,23D,24D,25D,26D,28D,29D,38D,39D,40D,41D,42D,43D,44D,45D,56D,57D,62D,63D. The molecule has 0 radical (unpaired) electrons. The number of nitrogens with zero attached hydrogens (tertiary/aromatic N) is 4. The van der Waals surface area contributed by atoms with Crippen molar-refractivity contribution >= 4 is 101 Å². The van der Waals surface area contributed by atoms with Gasteiger partial charge in [0.15, 0.2) is 0 Å². The molecule has 2 aliphatic rings. The van der Waals surface area contributed by atoms with Gasteiger partial charge in [0.05, 0.1) is 59.5 Å². The Morgan fingerprint density at radius 2 is 0.570 bits per heavy atom. The molecule has 4 nitrogen and oxygen atoms in total. The van der Waals surface area contributed by atoms with Crippen molar-refractivity contribution in [2.75, 3.05) is 9.80 Å². The fraction of sp³-hybridized carbons (Fsp3) is 0.118. The lowest BCUT2D eigenvalue weighted by molar-refractivity contribution is 0.590. The van der Waals surface area contributed by atoms with Crippen molar-refractivity contribution in [2.24, 2.45) is 0 Å². The van der Waals surface area contributed by atoms with Crippen LogP contribution in [0.1, 0.15) is 105 Å². The SMILES string of the molecule is [2H]c1cc(-n2c3c([2H])cc([2H])c([2H])c3c3c([2H])c([2H])c([2H])c([2H])c32)cc2c1B1c3c([2H])cc(-n4c5c([2H])c([2H])c([2H])c([2H])c5c5c([2H])c([2H])c([2H])c([2H])c54)cc3N(c3c(-c4ccc(-c5ccccc5)cc4)cc(C(C)(C)C)cc3-c3ccc(-c4ccccc4)cc3)c3c([2H])c(C(C)(C)C)c([2H])c(c31)N2c1c(-c2ccccc2)cc(C(C)(C)C)cc1-c1ccccc1. The fourth-order valence-electron chi connectivity index (χ4n) is 15.8. The maximum Gasteiger partial charge on any atom is 0.252 e. The maximum atomic E-state index is 11.8. The molecule has 0 saturated carbocycles. The first-order valence-electron chi connectivity index (χ1n) is 45.8. The minimum atomic E-state index is -1.39. The zero-order chi connectivity index (χ0) is 89.1. The van der Waals surface area contributed by atoms with Crippen LogP contribution in [-0.2, 0) is 16.2 Å². The number of rotatable bonds is 10. The van der Waals surface area contributed by atoms with Gasteiger partial charge < -0.3 is 18.9 Å². The summed E-state index contributed by atoms with van der Waals surface area (Å²) in [5.74, 6) is 0. The zero-order valence-electron chi connectivity index (χ0n) is 79.7. The lowest BCUT2D eigenvalue weighted by atomic mass is 9.33. The topological polar surface area (TPSA) is 16.3 Å². The molecule has 17 aromatic rings. The fourth-order valence-corrected chi connectivity index (χ4v) is 15.8. The van der Waals surface area contributed by atoms with Crippen LogP contribution in [0.25, 0.3) is 122 Å². The van der Waals surface area contributed by atoms with Gasteiger partial charge in [-0.25, -0.2) is 0 Å². The van der Waals surface area contributed by atoms with Crippen LogP contribution >= 0.6 is 0 Å². The molecular formula is C102H83BN4. The second-order valence-electron chi connectivity index (χ2n) is 31.0. The van der Waals surface area contributed by atoms with Gasteiger partial charge in [-0.3, -0.25) is 0 Å². The molecular weight excluding hydrogens is 1290 g/mol. The van der Waals surface area contributed by atoms with Gasteiger partial charge in [-0.1, -0.05) is 317 Å². The summed E-state index contributed by atoms with van der Waals surface area (Å²) in [6.07, 6.45) is 0. The quantitative estimate of drug-likeness (QED) is 0.127. The number of aromatic nitrogens is 2. The number of benzene rings is 15. The van der Waals surface area contributed by atoms with Crippen LogP contribution in [0.4, 0.5) is 34.1 Å². The molecule has 19 rings (SSSR count). The third-order valence-corrected chi connectivity index (χ3v) is 21.2. The van der Waals surface area contributed by atoms with E-state index in [9.17, 15) is 23.3 Å². The van der Waals surface area contributed by atoms with E-state index in [1.165, 1.54) is 27.3 Å². The first-order chi connectivity index (χ1) is 59.9. The maximum absolute atomic E-state index is 11.8. The van der Waals surface area contributed by atoms with Gasteiger partial charge in [0.25, 0.3) is 6.71 Å². The largest absolute Gasteiger partial charge is 0.310 e. The van der Waals surface area contributed by atoms with E-state index in [2.05, 4.69) is 114 Å². The molecule has 0 bridgehead atoms. The van der Waals surface area contributed by atoms with Crippen LogP contribution in [-0.4, -0.2) is 15.8 Å². The molecule has 2 aliphatic heterocycles. The summed E-state index contributed by atoms with van der Waals surface area (Å²) < 4.78 is 193. The van der Waals surface area contributed by atoms with Crippen LogP contribution in [0.3, 0.4) is 0 Å². The molecule has 0 aliphatic carbocycles. The van der Waals surface area contributed by atoms with Crippen LogP contribution < -0.4 is 26.2 Å². The normalized spacial score (nSPS) is 15.3. The highest BCUT2D eigenvalue weighted by molar-refractivity contribution is 7.00. The molecule has 0 amide bonds. The Balaban J connectivity index is 1.07. The Morgan fingerprint density at radius 3 is 0.925 bits per heavy atom.